The first-order chi connectivity index (χ1) is 16.5. The van der Waals surface area contributed by atoms with Crippen LogP contribution in [0.25, 0.3) is 22.3 Å². The zero-order valence-electron chi connectivity index (χ0n) is 20.4. The van der Waals surface area contributed by atoms with Crippen molar-refractivity contribution in [3.05, 3.63) is 46.8 Å². The highest BCUT2D eigenvalue weighted by Gasteiger charge is 2.37. The second kappa shape index (κ2) is 9.03. The molecule has 0 amide bonds. The van der Waals surface area contributed by atoms with E-state index in [2.05, 4.69) is 6.92 Å². The molecule has 3 saturated carbocycles. The molecule has 0 aromatic heterocycles. The van der Waals surface area contributed by atoms with Crippen LogP contribution in [0.5, 0.6) is 0 Å². The molecule has 3 heteroatoms. The third kappa shape index (κ3) is 3.73. The van der Waals surface area contributed by atoms with Gasteiger partial charge in [0.15, 0.2) is 11.6 Å². The highest BCUT2D eigenvalue weighted by molar-refractivity contribution is 6.03. The van der Waals surface area contributed by atoms with E-state index in [0.29, 0.717) is 16.7 Å². The number of halogens is 3. The maximum atomic E-state index is 15.7. The molecule has 6 rings (SSSR count). The lowest BCUT2D eigenvalue weighted by Gasteiger charge is -2.38. The Kier molecular flexibility index (Phi) is 6.02. The molecular weight excluding hydrogens is 429 g/mol. The summed E-state index contributed by atoms with van der Waals surface area (Å²) in [6, 6.07) is 5.72. The summed E-state index contributed by atoms with van der Waals surface area (Å²) in [7, 11) is 0. The molecule has 2 aromatic rings. The summed E-state index contributed by atoms with van der Waals surface area (Å²) >= 11 is 0. The van der Waals surface area contributed by atoms with Gasteiger partial charge < -0.3 is 0 Å². The fourth-order valence-electron chi connectivity index (χ4n) is 7.79. The number of hydrogen-bond acceptors (Lipinski definition) is 0. The van der Waals surface area contributed by atoms with Crippen molar-refractivity contribution >= 4 is 0 Å². The molecule has 0 bridgehead atoms. The van der Waals surface area contributed by atoms with E-state index in [9.17, 15) is 0 Å². The van der Waals surface area contributed by atoms with Crippen LogP contribution in [0.2, 0.25) is 0 Å². The van der Waals surface area contributed by atoms with E-state index in [1.165, 1.54) is 44.9 Å². The third-order valence-electron chi connectivity index (χ3n) is 9.93. The van der Waals surface area contributed by atoms with Gasteiger partial charge in [-0.05, 0) is 109 Å². The van der Waals surface area contributed by atoms with E-state index in [1.807, 2.05) is 18.2 Å². The van der Waals surface area contributed by atoms with Crippen molar-refractivity contribution in [1.82, 2.24) is 0 Å². The van der Waals surface area contributed by atoms with Crippen LogP contribution in [0.4, 0.5) is 13.2 Å². The Balaban J connectivity index is 1.22. The minimum Gasteiger partial charge on any atom is -0.206 e. The molecular formula is C31H37F3. The van der Waals surface area contributed by atoms with Crippen LogP contribution >= 0.6 is 0 Å². The summed E-state index contributed by atoms with van der Waals surface area (Å²) in [5.74, 6) is 0.900. The molecule has 4 aliphatic rings. The molecule has 0 spiro atoms. The molecule has 0 atom stereocenters. The van der Waals surface area contributed by atoms with Gasteiger partial charge in [-0.25, -0.2) is 13.2 Å². The quantitative estimate of drug-likeness (QED) is 0.360. The summed E-state index contributed by atoms with van der Waals surface area (Å²) in [6.07, 6.45) is 14.9. The first-order valence-corrected chi connectivity index (χ1v) is 13.9. The largest absolute Gasteiger partial charge is 0.206 e. The van der Waals surface area contributed by atoms with Gasteiger partial charge in [0.1, 0.15) is 5.82 Å². The number of hydrogen-bond donors (Lipinski definition) is 0. The van der Waals surface area contributed by atoms with Crippen molar-refractivity contribution in [2.24, 2.45) is 17.8 Å². The Morgan fingerprint density at radius 3 is 1.82 bits per heavy atom. The van der Waals surface area contributed by atoms with Crippen LogP contribution in [0, 0.1) is 35.2 Å². The van der Waals surface area contributed by atoms with Gasteiger partial charge in [-0.1, -0.05) is 51.2 Å². The number of fused-ring (bicyclic) bond motifs is 4. The van der Waals surface area contributed by atoms with Crippen LogP contribution in [0.3, 0.4) is 0 Å². The lowest BCUT2D eigenvalue weighted by molar-refractivity contribution is 0.164. The molecule has 0 saturated heterocycles. The minimum absolute atomic E-state index is 0.0873. The van der Waals surface area contributed by atoms with Crippen molar-refractivity contribution in [3.8, 4) is 22.3 Å². The summed E-state index contributed by atoms with van der Waals surface area (Å²) in [5, 5.41) is 0. The molecule has 3 fully saturated rings. The van der Waals surface area contributed by atoms with Crippen LogP contribution in [0.1, 0.15) is 113 Å². The minimum atomic E-state index is -0.836. The monoisotopic (exact) mass is 466 g/mol. The van der Waals surface area contributed by atoms with Crippen molar-refractivity contribution in [1.29, 1.82) is 0 Å². The maximum absolute atomic E-state index is 15.7. The normalized spacial score (nSPS) is 29.3. The first kappa shape index (κ1) is 22.7. The molecule has 4 aliphatic carbocycles. The topological polar surface area (TPSA) is 0 Å². The van der Waals surface area contributed by atoms with Crippen molar-refractivity contribution in [2.45, 2.75) is 102 Å². The van der Waals surface area contributed by atoms with Crippen LogP contribution in [0.15, 0.2) is 18.2 Å². The highest BCUT2D eigenvalue weighted by Crippen LogP contribution is 2.54. The Morgan fingerprint density at radius 1 is 0.559 bits per heavy atom. The van der Waals surface area contributed by atoms with Gasteiger partial charge in [0.25, 0.3) is 0 Å². The zero-order chi connectivity index (χ0) is 23.4. The van der Waals surface area contributed by atoms with Gasteiger partial charge in [0.2, 0.25) is 0 Å². The maximum Gasteiger partial charge on any atom is 0.167 e. The average molecular weight is 467 g/mol. The highest BCUT2D eigenvalue weighted by atomic mass is 19.2. The van der Waals surface area contributed by atoms with Crippen LogP contribution in [-0.2, 0) is 0 Å². The standard InChI is InChI=1S/C31H37F3/c1-18-7-9-19(10-8-18)20-11-13-22(14-12-20)23-15-16-24-26-17-25(21-5-3-2-4-6-21)30(33)31(34)28(26)27(24)29(23)32/h15-22H,2-14H2,1H3. The fourth-order valence-corrected chi connectivity index (χ4v) is 7.79. The van der Waals surface area contributed by atoms with E-state index in [1.54, 1.807) is 0 Å². The van der Waals surface area contributed by atoms with Gasteiger partial charge in [0.05, 0.1) is 0 Å². The molecule has 2 aromatic carbocycles. The lowest BCUT2D eigenvalue weighted by atomic mass is 9.68. The molecule has 182 valence electrons. The summed E-state index contributed by atoms with van der Waals surface area (Å²) in [5.41, 5.74) is 3.18. The van der Waals surface area contributed by atoms with Crippen molar-refractivity contribution in [3.63, 3.8) is 0 Å². The second-order valence-corrected chi connectivity index (χ2v) is 11.9. The number of rotatable bonds is 3. The summed E-state index contributed by atoms with van der Waals surface area (Å²) in [4.78, 5) is 0. The van der Waals surface area contributed by atoms with E-state index < -0.39 is 11.6 Å². The Morgan fingerprint density at radius 2 is 1.15 bits per heavy atom. The van der Waals surface area contributed by atoms with Gasteiger partial charge in [-0.15, -0.1) is 0 Å². The predicted octanol–water partition coefficient (Wildman–Crippen LogP) is 9.90. The number of benzene rings is 2. The molecule has 0 unspecified atom stereocenters. The molecule has 0 radical (unpaired) electrons. The molecule has 0 aliphatic heterocycles. The van der Waals surface area contributed by atoms with Crippen molar-refractivity contribution in [2.75, 3.05) is 0 Å². The SMILES string of the molecule is CC1CCC(C2CCC(c3ccc4c(c3F)-c3c-4cc(C4CCCCC4)c(F)c3F)CC2)CC1. The smallest absolute Gasteiger partial charge is 0.167 e. The summed E-state index contributed by atoms with van der Waals surface area (Å²) in [6.45, 7) is 2.37. The van der Waals surface area contributed by atoms with Gasteiger partial charge >= 0.3 is 0 Å². The predicted molar refractivity (Wildman–Crippen MR) is 132 cm³/mol. The Labute approximate surface area is 202 Å². The van der Waals surface area contributed by atoms with E-state index in [0.717, 1.165) is 67.4 Å². The summed E-state index contributed by atoms with van der Waals surface area (Å²) < 4.78 is 46.1. The Bertz CT molecular complexity index is 1060. The molecule has 34 heavy (non-hydrogen) atoms. The molecule has 0 heterocycles. The molecule has 0 N–H and O–H groups in total. The van der Waals surface area contributed by atoms with E-state index >= 15 is 13.2 Å². The van der Waals surface area contributed by atoms with Gasteiger partial charge in [0, 0.05) is 11.1 Å². The average Bonchev–Trinajstić information content (AvgIpc) is 2.85. The third-order valence-corrected chi connectivity index (χ3v) is 9.93. The zero-order valence-corrected chi connectivity index (χ0v) is 20.4. The lowest BCUT2D eigenvalue weighted by Crippen LogP contribution is -2.25. The Hall–Kier alpha value is -1.77. The van der Waals surface area contributed by atoms with Gasteiger partial charge in [-0.3, -0.25) is 0 Å². The van der Waals surface area contributed by atoms with E-state index in [4.69, 9.17) is 0 Å². The van der Waals surface area contributed by atoms with Crippen LogP contribution < -0.4 is 0 Å². The first-order valence-electron chi connectivity index (χ1n) is 13.9. The second-order valence-electron chi connectivity index (χ2n) is 11.9. The van der Waals surface area contributed by atoms with Crippen molar-refractivity contribution < 1.29 is 13.2 Å². The fraction of sp³-hybridized carbons (Fsp3) is 0.613. The van der Waals surface area contributed by atoms with E-state index in [-0.39, 0.29) is 23.2 Å². The molecule has 0 nitrogen and oxygen atoms in total. The van der Waals surface area contributed by atoms with Gasteiger partial charge in [-0.2, -0.15) is 0 Å². The van der Waals surface area contributed by atoms with Crippen LogP contribution in [-0.4, -0.2) is 0 Å².